The van der Waals surface area contributed by atoms with Crippen LogP contribution in [0.5, 0.6) is 0 Å². The van der Waals surface area contributed by atoms with Gasteiger partial charge in [0.2, 0.25) is 5.91 Å². The Labute approximate surface area is 111 Å². The van der Waals surface area contributed by atoms with Crippen LogP contribution in [-0.4, -0.2) is 17.3 Å². The second kappa shape index (κ2) is 4.41. The Kier molecular flexibility index (Phi) is 3.35. The SMILES string of the molecule is Cc1ccc(I)cc1N1CCC(Br)C1=O. The standard InChI is InChI=1S/C11H11BrINO/c1-7-2-3-8(13)6-10(7)14-5-4-9(12)11(14)15/h2-3,6,9H,4-5H2,1H3. The number of halogens is 2. The normalized spacial score (nSPS) is 21.1. The van der Waals surface area contributed by atoms with Crippen LogP contribution in [0.2, 0.25) is 0 Å². The van der Waals surface area contributed by atoms with Gasteiger partial charge < -0.3 is 4.90 Å². The van der Waals surface area contributed by atoms with Gasteiger partial charge in [0.1, 0.15) is 0 Å². The van der Waals surface area contributed by atoms with Gasteiger partial charge in [-0.3, -0.25) is 4.79 Å². The van der Waals surface area contributed by atoms with Gasteiger partial charge in [-0.25, -0.2) is 0 Å². The summed E-state index contributed by atoms with van der Waals surface area (Å²) in [6, 6.07) is 6.19. The summed E-state index contributed by atoms with van der Waals surface area (Å²) >= 11 is 5.66. The number of carbonyl (C=O) groups excluding carboxylic acids is 1. The van der Waals surface area contributed by atoms with Crippen molar-refractivity contribution in [2.45, 2.75) is 18.2 Å². The van der Waals surface area contributed by atoms with Crippen LogP contribution < -0.4 is 4.90 Å². The molecule has 0 bridgehead atoms. The molecule has 1 aliphatic rings. The van der Waals surface area contributed by atoms with Crippen molar-refractivity contribution >= 4 is 50.1 Å². The monoisotopic (exact) mass is 379 g/mol. The number of carbonyl (C=O) groups is 1. The molecular weight excluding hydrogens is 369 g/mol. The summed E-state index contributed by atoms with van der Waals surface area (Å²) in [5.74, 6) is 0.181. The second-order valence-corrected chi connectivity index (χ2v) is 6.03. The number of hydrogen-bond acceptors (Lipinski definition) is 1. The molecule has 1 aromatic carbocycles. The highest BCUT2D eigenvalue weighted by molar-refractivity contribution is 14.1. The topological polar surface area (TPSA) is 20.3 Å². The maximum Gasteiger partial charge on any atom is 0.240 e. The van der Waals surface area contributed by atoms with E-state index in [9.17, 15) is 4.79 Å². The van der Waals surface area contributed by atoms with Crippen molar-refractivity contribution in [3.8, 4) is 0 Å². The summed E-state index contributed by atoms with van der Waals surface area (Å²) in [7, 11) is 0. The Morgan fingerprint density at radius 3 is 2.87 bits per heavy atom. The Hall–Kier alpha value is -0.100. The minimum atomic E-state index is -0.00485. The summed E-state index contributed by atoms with van der Waals surface area (Å²) in [6.45, 7) is 2.86. The molecule has 0 aliphatic carbocycles. The van der Waals surface area contributed by atoms with Crippen LogP contribution >= 0.6 is 38.5 Å². The van der Waals surface area contributed by atoms with Gasteiger partial charge in [0.05, 0.1) is 4.83 Å². The molecule has 15 heavy (non-hydrogen) atoms. The minimum absolute atomic E-state index is 0.00485. The molecule has 2 rings (SSSR count). The van der Waals surface area contributed by atoms with Gasteiger partial charge in [-0.1, -0.05) is 22.0 Å². The van der Waals surface area contributed by atoms with E-state index in [1.807, 2.05) is 11.8 Å². The van der Waals surface area contributed by atoms with Gasteiger partial charge in [-0.2, -0.15) is 0 Å². The van der Waals surface area contributed by atoms with E-state index >= 15 is 0 Å². The summed E-state index contributed by atoms with van der Waals surface area (Å²) in [6.07, 6.45) is 0.893. The summed E-state index contributed by atoms with van der Waals surface area (Å²) < 4.78 is 1.17. The van der Waals surface area contributed by atoms with Crippen molar-refractivity contribution in [3.05, 3.63) is 27.3 Å². The zero-order valence-electron chi connectivity index (χ0n) is 8.34. The quantitative estimate of drug-likeness (QED) is 0.542. The molecule has 80 valence electrons. The lowest BCUT2D eigenvalue weighted by Gasteiger charge is -2.18. The van der Waals surface area contributed by atoms with Crippen LogP contribution in [-0.2, 0) is 4.79 Å². The van der Waals surface area contributed by atoms with Gasteiger partial charge >= 0.3 is 0 Å². The highest BCUT2D eigenvalue weighted by Crippen LogP contribution is 2.29. The van der Waals surface area contributed by atoms with Crippen molar-refractivity contribution in [2.24, 2.45) is 0 Å². The van der Waals surface area contributed by atoms with E-state index in [4.69, 9.17) is 0 Å². The molecule has 0 saturated carbocycles. The summed E-state index contributed by atoms with van der Waals surface area (Å²) in [5, 5.41) is 0. The van der Waals surface area contributed by atoms with E-state index in [1.165, 1.54) is 3.57 Å². The lowest BCUT2D eigenvalue weighted by atomic mass is 10.2. The number of aryl methyl sites for hydroxylation is 1. The van der Waals surface area contributed by atoms with Gasteiger partial charge in [0, 0.05) is 15.8 Å². The average molecular weight is 380 g/mol. The first-order valence-corrected chi connectivity index (χ1v) is 6.80. The molecule has 0 spiro atoms. The number of amides is 1. The molecule has 1 fully saturated rings. The first-order chi connectivity index (χ1) is 7.09. The number of alkyl halides is 1. The third-order valence-corrected chi connectivity index (χ3v) is 4.12. The van der Waals surface area contributed by atoms with Crippen molar-refractivity contribution < 1.29 is 4.79 Å². The lowest BCUT2D eigenvalue weighted by molar-refractivity contribution is -0.116. The second-order valence-electron chi connectivity index (χ2n) is 3.68. The molecule has 1 heterocycles. The Morgan fingerprint density at radius 1 is 1.53 bits per heavy atom. The first-order valence-electron chi connectivity index (χ1n) is 4.81. The molecule has 1 unspecified atom stereocenters. The smallest absolute Gasteiger partial charge is 0.240 e. The number of nitrogens with zero attached hydrogens (tertiary/aromatic N) is 1. The predicted molar refractivity (Wildman–Crippen MR) is 73.6 cm³/mol. The largest absolute Gasteiger partial charge is 0.311 e. The van der Waals surface area contributed by atoms with Crippen molar-refractivity contribution in [3.63, 3.8) is 0 Å². The van der Waals surface area contributed by atoms with Crippen molar-refractivity contribution in [1.29, 1.82) is 0 Å². The van der Waals surface area contributed by atoms with E-state index in [1.54, 1.807) is 0 Å². The van der Waals surface area contributed by atoms with E-state index < -0.39 is 0 Å². The third kappa shape index (κ3) is 2.20. The van der Waals surface area contributed by atoms with Crippen LogP contribution in [0, 0.1) is 10.5 Å². The maximum absolute atomic E-state index is 11.8. The Bertz CT molecular complexity index is 408. The molecular formula is C11H11BrINO. The predicted octanol–water partition coefficient (Wildman–Crippen LogP) is 3.10. The lowest BCUT2D eigenvalue weighted by Crippen LogP contribution is -2.27. The molecule has 1 amide bonds. The maximum atomic E-state index is 11.8. The third-order valence-electron chi connectivity index (χ3n) is 2.60. The van der Waals surface area contributed by atoms with Gasteiger partial charge in [0.25, 0.3) is 0 Å². The fourth-order valence-corrected chi connectivity index (χ4v) is 2.68. The first kappa shape index (κ1) is 11.4. The molecule has 0 radical (unpaired) electrons. The van der Waals surface area contributed by atoms with E-state index in [2.05, 4.69) is 56.7 Å². The molecule has 2 nitrogen and oxygen atoms in total. The number of hydrogen-bond donors (Lipinski definition) is 0. The Balaban J connectivity index is 2.37. The van der Waals surface area contributed by atoms with Crippen LogP contribution in [0.3, 0.4) is 0 Å². The fraction of sp³-hybridized carbons (Fsp3) is 0.364. The zero-order chi connectivity index (χ0) is 11.0. The van der Waals surface area contributed by atoms with Crippen LogP contribution in [0.1, 0.15) is 12.0 Å². The number of anilines is 1. The highest BCUT2D eigenvalue weighted by Gasteiger charge is 2.31. The fourth-order valence-electron chi connectivity index (χ4n) is 1.76. The van der Waals surface area contributed by atoms with Crippen LogP contribution in [0.25, 0.3) is 0 Å². The Morgan fingerprint density at radius 2 is 2.27 bits per heavy atom. The van der Waals surface area contributed by atoms with Crippen molar-refractivity contribution in [1.82, 2.24) is 0 Å². The van der Waals surface area contributed by atoms with E-state index in [0.717, 1.165) is 24.2 Å². The van der Waals surface area contributed by atoms with Crippen LogP contribution in [0.15, 0.2) is 18.2 Å². The molecule has 1 saturated heterocycles. The summed E-state index contributed by atoms with van der Waals surface area (Å²) in [4.78, 5) is 13.7. The molecule has 4 heteroatoms. The number of benzene rings is 1. The molecule has 1 aliphatic heterocycles. The molecule has 0 N–H and O–H groups in total. The van der Waals surface area contributed by atoms with Gasteiger partial charge in [-0.15, -0.1) is 0 Å². The number of rotatable bonds is 1. The van der Waals surface area contributed by atoms with Crippen LogP contribution in [0.4, 0.5) is 5.69 Å². The zero-order valence-corrected chi connectivity index (χ0v) is 12.1. The highest BCUT2D eigenvalue weighted by atomic mass is 127. The summed E-state index contributed by atoms with van der Waals surface area (Å²) in [5.41, 5.74) is 2.21. The van der Waals surface area contributed by atoms with E-state index in [0.29, 0.717) is 0 Å². The minimum Gasteiger partial charge on any atom is -0.311 e. The average Bonchev–Trinajstić information content (AvgIpc) is 2.52. The van der Waals surface area contributed by atoms with Crippen molar-refractivity contribution in [2.75, 3.05) is 11.4 Å². The van der Waals surface area contributed by atoms with E-state index in [-0.39, 0.29) is 10.7 Å². The van der Waals surface area contributed by atoms with Gasteiger partial charge in [-0.05, 0) is 53.6 Å². The van der Waals surface area contributed by atoms with Gasteiger partial charge in [0.15, 0.2) is 0 Å². The molecule has 0 aromatic heterocycles. The molecule has 1 atom stereocenters. The molecule has 1 aromatic rings.